The molecule has 0 aromatic carbocycles. The Morgan fingerprint density at radius 3 is 2.05 bits per heavy atom. The number of carbonyl (C=O) groups excluding carboxylic acids is 1. The predicted molar refractivity (Wildman–Crippen MR) is 68.5 cm³/mol. The summed E-state index contributed by atoms with van der Waals surface area (Å²) in [6.45, 7) is 5.43. The number of rotatable bonds is 7. The zero-order valence-electron chi connectivity index (χ0n) is 11.5. The van der Waals surface area contributed by atoms with Gasteiger partial charge < -0.3 is 21.3 Å². The minimum absolute atomic E-state index is 0.0189. The fourth-order valence-corrected chi connectivity index (χ4v) is 1.44. The first-order valence-electron chi connectivity index (χ1n) is 6.03. The number of amides is 1. The summed E-state index contributed by atoms with van der Waals surface area (Å²) in [5, 5.41) is 19.9. The van der Waals surface area contributed by atoms with Crippen molar-refractivity contribution in [3.05, 3.63) is 0 Å². The van der Waals surface area contributed by atoms with Crippen LogP contribution in [0.3, 0.4) is 0 Å². The van der Waals surface area contributed by atoms with Crippen LogP contribution in [0.5, 0.6) is 0 Å². The van der Waals surface area contributed by atoms with E-state index < -0.39 is 35.3 Å². The van der Waals surface area contributed by atoms with Crippen molar-refractivity contribution in [2.24, 2.45) is 11.1 Å². The molecule has 1 amide bonds. The Balaban J connectivity index is 4.54. The normalized spacial score (nSPS) is 14.5. The highest BCUT2D eigenvalue weighted by atomic mass is 16.4. The molecule has 0 saturated carbocycles. The Kier molecular flexibility index (Phi) is 6.47. The van der Waals surface area contributed by atoms with Crippen LogP contribution in [-0.2, 0) is 14.4 Å². The van der Waals surface area contributed by atoms with Crippen molar-refractivity contribution in [2.75, 3.05) is 0 Å². The van der Waals surface area contributed by atoms with Crippen LogP contribution in [0.15, 0.2) is 0 Å². The Morgan fingerprint density at radius 1 is 1.16 bits per heavy atom. The molecule has 0 aliphatic rings. The molecule has 0 rings (SSSR count). The largest absolute Gasteiger partial charge is 0.481 e. The van der Waals surface area contributed by atoms with Crippen LogP contribution < -0.4 is 11.1 Å². The summed E-state index contributed by atoms with van der Waals surface area (Å²) < 4.78 is 0. The van der Waals surface area contributed by atoms with Gasteiger partial charge in [-0.1, -0.05) is 20.8 Å². The monoisotopic (exact) mass is 274 g/mol. The van der Waals surface area contributed by atoms with Crippen LogP contribution in [0.2, 0.25) is 0 Å². The van der Waals surface area contributed by atoms with Crippen LogP contribution in [0.1, 0.15) is 40.0 Å². The van der Waals surface area contributed by atoms with E-state index >= 15 is 0 Å². The molecule has 110 valence electrons. The molecular formula is C12H22N2O5. The topological polar surface area (TPSA) is 130 Å². The van der Waals surface area contributed by atoms with Crippen molar-refractivity contribution >= 4 is 17.8 Å². The highest BCUT2D eigenvalue weighted by molar-refractivity contribution is 5.83. The maximum Gasteiger partial charge on any atom is 0.305 e. The molecule has 0 aromatic rings. The number of hydrogen-bond acceptors (Lipinski definition) is 4. The molecule has 2 atom stereocenters. The van der Waals surface area contributed by atoms with Crippen LogP contribution >= 0.6 is 0 Å². The maximum atomic E-state index is 11.8. The van der Waals surface area contributed by atoms with E-state index in [-0.39, 0.29) is 19.3 Å². The second-order valence-corrected chi connectivity index (χ2v) is 5.56. The standard InChI is InChI=1S/C12H22N2O5/c1-12(2,3)8(6-10(17)18)14-11(19)7(13)4-5-9(15)16/h7-8H,4-6,13H2,1-3H3,(H,14,19)(H,15,16)(H,17,18). The number of aliphatic carboxylic acids is 2. The van der Waals surface area contributed by atoms with Gasteiger partial charge in [-0.2, -0.15) is 0 Å². The van der Waals surface area contributed by atoms with Gasteiger partial charge in [-0.15, -0.1) is 0 Å². The average molecular weight is 274 g/mol. The van der Waals surface area contributed by atoms with Crippen molar-refractivity contribution in [1.82, 2.24) is 5.32 Å². The van der Waals surface area contributed by atoms with Gasteiger partial charge in [-0.25, -0.2) is 0 Å². The van der Waals surface area contributed by atoms with E-state index in [0.717, 1.165) is 0 Å². The van der Waals surface area contributed by atoms with Gasteiger partial charge in [0.05, 0.1) is 12.5 Å². The quantitative estimate of drug-likeness (QED) is 0.524. The minimum Gasteiger partial charge on any atom is -0.481 e. The molecule has 0 aliphatic heterocycles. The van der Waals surface area contributed by atoms with Crippen molar-refractivity contribution < 1.29 is 24.6 Å². The first-order valence-corrected chi connectivity index (χ1v) is 6.03. The van der Waals surface area contributed by atoms with Crippen LogP contribution in [0, 0.1) is 5.41 Å². The van der Waals surface area contributed by atoms with Gasteiger partial charge in [0.2, 0.25) is 5.91 Å². The molecule has 0 bridgehead atoms. The van der Waals surface area contributed by atoms with Gasteiger partial charge in [0, 0.05) is 12.5 Å². The SMILES string of the molecule is CC(C)(C)C(CC(=O)O)NC(=O)C(N)CCC(=O)O. The summed E-state index contributed by atoms with van der Waals surface area (Å²) in [6.07, 6.45) is -0.389. The third-order valence-electron chi connectivity index (χ3n) is 2.75. The molecular weight excluding hydrogens is 252 g/mol. The van der Waals surface area contributed by atoms with Gasteiger partial charge in [0.1, 0.15) is 0 Å². The summed E-state index contributed by atoms with van der Waals surface area (Å²) in [5.74, 6) is -2.57. The number of nitrogens with two attached hydrogens (primary N) is 1. The molecule has 0 radical (unpaired) electrons. The Morgan fingerprint density at radius 2 is 1.68 bits per heavy atom. The number of nitrogens with one attached hydrogen (secondary N) is 1. The van der Waals surface area contributed by atoms with E-state index in [0.29, 0.717) is 0 Å². The molecule has 0 spiro atoms. The van der Waals surface area contributed by atoms with E-state index in [2.05, 4.69) is 5.32 Å². The lowest BCUT2D eigenvalue weighted by Gasteiger charge is -2.31. The zero-order valence-corrected chi connectivity index (χ0v) is 11.5. The molecule has 7 nitrogen and oxygen atoms in total. The first kappa shape index (κ1) is 17.4. The molecule has 2 unspecified atom stereocenters. The number of carbonyl (C=O) groups is 3. The van der Waals surface area contributed by atoms with E-state index in [1.165, 1.54) is 0 Å². The summed E-state index contributed by atoms with van der Waals surface area (Å²) in [5.41, 5.74) is 5.14. The Labute approximate surface area is 112 Å². The average Bonchev–Trinajstić information content (AvgIpc) is 2.22. The predicted octanol–water partition coefficient (Wildman–Crippen LogP) is 0.184. The molecule has 0 fully saturated rings. The maximum absolute atomic E-state index is 11.8. The van der Waals surface area contributed by atoms with Crippen molar-refractivity contribution in [1.29, 1.82) is 0 Å². The Bertz CT molecular complexity index is 349. The van der Waals surface area contributed by atoms with Gasteiger partial charge >= 0.3 is 11.9 Å². The molecule has 19 heavy (non-hydrogen) atoms. The summed E-state index contributed by atoms with van der Waals surface area (Å²) in [7, 11) is 0. The molecule has 7 heteroatoms. The van der Waals surface area contributed by atoms with Crippen LogP contribution in [-0.4, -0.2) is 40.1 Å². The van der Waals surface area contributed by atoms with E-state index in [1.54, 1.807) is 0 Å². The number of carboxylic acid groups (broad SMARTS) is 2. The molecule has 0 aromatic heterocycles. The lowest BCUT2D eigenvalue weighted by Crippen LogP contribution is -2.50. The smallest absolute Gasteiger partial charge is 0.305 e. The third-order valence-corrected chi connectivity index (χ3v) is 2.75. The van der Waals surface area contributed by atoms with Gasteiger partial charge in [-0.3, -0.25) is 14.4 Å². The van der Waals surface area contributed by atoms with E-state index in [1.807, 2.05) is 20.8 Å². The van der Waals surface area contributed by atoms with Gasteiger partial charge in [0.25, 0.3) is 0 Å². The molecule has 0 saturated heterocycles. The first-order chi connectivity index (χ1) is 8.54. The summed E-state index contributed by atoms with van der Waals surface area (Å²) in [6, 6.07) is -1.51. The second kappa shape index (κ2) is 7.08. The lowest BCUT2D eigenvalue weighted by molar-refractivity contribution is -0.138. The van der Waals surface area contributed by atoms with Crippen molar-refractivity contribution in [3.8, 4) is 0 Å². The fraction of sp³-hybridized carbons (Fsp3) is 0.750. The number of hydrogen-bond donors (Lipinski definition) is 4. The lowest BCUT2D eigenvalue weighted by atomic mass is 9.84. The fourth-order valence-electron chi connectivity index (χ4n) is 1.44. The van der Waals surface area contributed by atoms with E-state index in [9.17, 15) is 14.4 Å². The minimum atomic E-state index is -1.03. The highest BCUT2D eigenvalue weighted by Gasteiger charge is 2.29. The second-order valence-electron chi connectivity index (χ2n) is 5.56. The van der Waals surface area contributed by atoms with Gasteiger partial charge in [0.15, 0.2) is 0 Å². The summed E-state index contributed by atoms with van der Waals surface area (Å²) in [4.78, 5) is 32.9. The highest BCUT2D eigenvalue weighted by Crippen LogP contribution is 2.22. The molecule has 0 aliphatic carbocycles. The van der Waals surface area contributed by atoms with Gasteiger partial charge in [-0.05, 0) is 11.8 Å². The van der Waals surface area contributed by atoms with Crippen LogP contribution in [0.25, 0.3) is 0 Å². The zero-order chi connectivity index (χ0) is 15.2. The number of carboxylic acids is 2. The molecule has 5 N–H and O–H groups in total. The van der Waals surface area contributed by atoms with Crippen molar-refractivity contribution in [2.45, 2.75) is 52.1 Å². The Hall–Kier alpha value is -1.63. The van der Waals surface area contributed by atoms with Crippen molar-refractivity contribution in [3.63, 3.8) is 0 Å². The summed E-state index contributed by atoms with van der Waals surface area (Å²) >= 11 is 0. The molecule has 0 heterocycles. The third kappa shape index (κ3) is 7.40. The van der Waals surface area contributed by atoms with Crippen LogP contribution in [0.4, 0.5) is 0 Å². The van der Waals surface area contributed by atoms with E-state index in [4.69, 9.17) is 15.9 Å².